The average molecular weight is 461 g/mol. The van der Waals surface area contributed by atoms with Crippen molar-refractivity contribution >= 4 is 28.8 Å². The Labute approximate surface area is 198 Å². The molecule has 170 valence electrons. The Bertz CT molecular complexity index is 1220. The van der Waals surface area contributed by atoms with Gasteiger partial charge in [0.25, 0.3) is 11.8 Å². The normalized spacial score (nSPS) is 15.5. The molecule has 1 aliphatic carbocycles. The molecule has 2 aromatic carbocycles. The molecule has 6 heteroatoms. The minimum atomic E-state index is -0.651. The maximum Gasteiger partial charge on any atom is 0.265 e. The molecular formula is C27H28N2O3S. The number of nitrogens with zero attached hydrogens (tertiary/aromatic N) is 1. The molecule has 1 unspecified atom stereocenters. The van der Waals surface area contributed by atoms with Gasteiger partial charge in [0.15, 0.2) is 6.10 Å². The minimum Gasteiger partial charge on any atom is -0.481 e. The van der Waals surface area contributed by atoms with Gasteiger partial charge in [0, 0.05) is 29.2 Å². The highest BCUT2D eigenvalue weighted by Crippen LogP contribution is 2.28. The smallest absolute Gasteiger partial charge is 0.265 e. The Kier molecular flexibility index (Phi) is 5.94. The first kappa shape index (κ1) is 21.7. The number of benzene rings is 2. The second-order valence-corrected chi connectivity index (χ2v) is 9.86. The van der Waals surface area contributed by atoms with Crippen LogP contribution in [0, 0.1) is 6.92 Å². The zero-order valence-electron chi connectivity index (χ0n) is 19.0. The predicted molar refractivity (Wildman–Crippen MR) is 131 cm³/mol. The fraction of sp³-hybridized carbons (Fsp3) is 0.333. The van der Waals surface area contributed by atoms with E-state index in [0.717, 1.165) is 30.6 Å². The average Bonchev–Trinajstić information content (AvgIpc) is 3.48. The number of carbonyl (C=O) groups is 2. The van der Waals surface area contributed by atoms with Gasteiger partial charge < -0.3 is 15.0 Å². The first-order valence-corrected chi connectivity index (χ1v) is 12.4. The van der Waals surface area contributed by atoms with Crippen LogP contribution >= 0.6 is 11.3 Å². The highest BCUT2D eigenvalue weighted by molar-refractivity contribution is 7.10. The number of anilines is 1. The lowest BCUT2D eigenvalue weighted by atomic mass is 10.0. The van der Waals surface area contributed by atoms with Crippen LogP contribution in [0.2, 0.25) is 0 Å². The Morgan fingerprint density at radius 3 is 2.79 bits per heavy atom. The van der Waals surface area contributed by atoms with Gasteiger partial charge in [-0.3, -0.25) is 9.59 Å². The maximum absolute atomic E-state index is 13.3. The lowest BCUT2D eigenvalue weighted by molar-refractivity contribution is -0.122. The number of hydrogen-bond acceptors (Lipinski definition) is 4. The van der Waals surface area contributed by atoms with Crippen LogP contribution in [-0.2, 0) is 30.6 Å². The fourth-order valence-electron chi connectivity index (χ4n) is 4.71. The van der Waals surface area contributed by atoms with E-state index in [1.165, 1.54) is 28.0 Å². The number of fused-ring (bicyclic) bond motifs is 2. The first-order chi connectivity index (χ1) is 16.0. The number of thiophene rings is 1. The molecule has 1 N–H and O–H groups in total. The molecule has 0 radical (unpaired) electrons. The molecule has 5 rings (SSSR count). The molecule has 1 aliphatic heterocycles. The van der Waals surface area contributed by atoms with Crippen molar-refractivity contribution in [3.63, 3.8) is 0 Å². The van der Waals surface area contributed by atoms with E-state index in [4.69, 9.17) is 4.74 Å². The van der Waals surface area contributed by atoms with Crippen LogP contribution in [0.4, 0.5) is 5.69 Å². The van der Waals surface area contributed by atoms with E-state index in [1.807, 2.05) is 42.2 Å². The van der Waals surface area contributed by atoms with Crippen LogP contribution in [-0.4, -0.2) is 29.4 Å². The summed E-state index contributed by atoms with van der Waals surface area (Å²) in [6.45, 7) is 4.99. The third-order valence-electron chi connectivity index (χ3n) is 6.67. The Hall–Kier alpha value is -3.12. The van der Waals surface area contributed by atoms with Crippen molar-refractivity contribution in [3.05, 3.63) is 80.5 Å². The second kappa shape index (κ2) is 9.02. The van der Waals surface area contributed by atoms with E-state index in [9.17, 15) is 9.59 Å². The topological polar surface area (TPSA) is 58.6 Å². The molecule has 0 spiro atoms. The van der Waals surface area contributed by atoms with Crippen molar-refractivity contribution in [2.24, 2.45) is 0 Å². The summed E-state index contributed by atoms with van der Waals surface area (Å²) in [7, 11) is 0. The molecule has 2 heterocycles. The number of hydrogen-bond donors (Lipinski definition) is 1. The van der Waals surface area contributed by atoms with E-state index in [-0.39, 0.29) is 11.8 Å². The van der Waals surface area contributed by atoms with Crippen molar-refractivity contribution in [2.45, 2.75) is 52.2 Å². The molecule has 0 fully saturated rings. The van der Waals surface area contributed by atoms with E-state index >= 15 is 0 Å². The monoisotopic (exact) mass is 460 g/mol. The van der Waals surface area contributed by atoms with Crippen LogP contribution in [0.25, 0.3) is 0 Å². The lowest BCUT2D eigenvalue weighted by Crippen LogP contribution is -2.36. The summed E-state index contributed by atoms with van der Waals surface area (Å²) < 4.78 is 5.93. The molecule has 2 aliphatic rings. The molecule has 1 atom stereocenters. The number of amides is 2. The number of carbonyl (C=O) groups excluding carboxylic acids is 2. The summed E-state index contributed by atoms with van der Waals surface area (Å²) in [5.41, 5.74) is 5.97. The standard InChI is InChI=1S/C27H28N2O3S/c1-17-23(27(31)29-13-11-25-21(16-29)12-14-33-25)7-4-8-24(17)28-26(30)18(2)32-22-10-9-19-5-3-6-20(19)15-22/h4,7-10,12,14-15,18H,3,5-6,11,13,16H2,1-2H3,(H,28,30). The molecule has 1 aromatic heterocycles. The van der Waals surface area contributed by atoms with Crippen molar-refractivity contribution in [1.82, 2.24) is 4.90 Å². The van der Waals surface area contributed by atoms with E-state index in [0.29, 0.717) is 24.3 Å². The van der Waals surface area contributed by atoms with E-state index in [1.54, 1.807) is 18.3 Å². The van der Waals surface area contributed by atoms with Gasteiger partial charge >= 0.3 is 0 Å². The van der Waals surface area contributed by atoms with Gasteiger partial charge in [-0.1, -0.05) is 12.1 Å². The number of ether oxygens (including phenoxy) is 1. The zero-order valence-corrected chi connectivity index (χ0v) is 19.8. The molecule has 3 aromatic rings. The van der Waals surface area contributed by atoms with Gasteiger partial charge in [0.2, 0.25) is 0 Å². The van der Waals surface area contributed by atoms with Gasteiger partial charge in [0.05, 0.1) is 0 Å². The molecule has 2 amide bonds. The van der Waals surface area contributed by atoms with Gasteiger partial charge in [0.1, 0.15) is 5.75 Å². The lowest BCUT2D eigenvalue weighted by Gasteiger charge is -2.28. The summed E-state index contributed by atoms with van der Waals surface area (Å²) >= 11 is 1.76. The summed E-state index contributed by atoms with van der Waals surface area (Å²) in [6.07, 6.45) is 3.60. The molecule has 5 nitrogen and oxygen atoms in total. The number of aryl methyl sites for hydroxylation is 2. The number of nitrogens with one attached hydrogen (secondary N) is 1. The van der Waals surface area contributed by atoms with Gasteiger partial charge in [-0.25, -0.2) is 0 Å². The first-order valence-electron chi connectivity index (χ1n) is 11.5. The fourth-order valence-corrected chi connectivity index (χ4v) is 5.60. The van der Waals surface area contributed by atoms with Crippen LogP contribution in [0.5, 0.6) is 5.75 Å². The maximum atomic E-state index is 13.3. The molecule has 33 heavy (non-hydrogen) atoms. The van der Waals surface area contributed by atoms with Crippen LogP contribution in [0.3, 0.4) is 0 Å². The van der Waals surface area contributed by atoms with Gasteiger partial charge in [-0.15, -0.1) is 11.3 Å². The SMILES string of the molecule is Cc1c(NC(=O)C(C)Oc2ccc3c(c2)CCC3)cccc1C(=O)N1CCc2sccc2C1. The summed E-state index contributed by atoms with van der Waals surface area (Å²) in [5.74, 6) is 0.490. The second-order valence-electron chi connectivity index (χ2n) is 8.86. The highest BCUT2D eigenvalue weighted by atomic mass is 32.1. The van der Waals surface area contributed by atoms with Crippen molar-refractivity contribution in [1.29, 1.82) is 0 Å². The third kappa shape index (κ3) is 4.40. The minimum absolute atomic E-state index is 0.00267. The molecule has 0 saturated carbocycles. The largest absolute Gasteiger partial charge is 0.481 e. The molecule has 0 saturated heterocycles. The highest BCUT2D eigenvalue weighted by Gasteiger charge is 2.25. The third-order valence-corrected chi connectivity index (χ3v) is 7.69. The Morgan fingerprint density at radius 2 is 1.91 bits per heavy atom. The predicted octanol–water partition coefficient (Wildman–Crippen LogP) is 5.15. The van der Waals surface area contributed by atoms with Gasteiger partial charge in [-0.05, 0) is 97.5 Å². The van der Waals surface area contributed by atoms with Crippen molar-refractivity contribution in [2.75, 3.05) is 11.9 Å². The van der Waals surface area contributed by atoms with E-state index in [2.05, 4.69) is 22.8 Å². The van der Waals surface area contributed by atoms with E-state index < -0.39 is 6.10 Å². The van der Waals surface area contributed by atoms with Crippen LogP contribution in [0.1, 0.15) is 50.8 Å². The summed E-state index contributed by atoms with van der Waals surface area (Å²) in [5, 5.41) is 5.05. The molecular weight excluding hydrogens is 432 g/mol. The number of rotatable bonds is 5. The van der Waals surface area contributed by atoms with Crippen LogP contribution in [0.15, 0.2) is 47.8 Å². The Morgan fingerprint density at radius 1 is 1.06 bits per heavy atom. The summed E-state index contributed by atoms with van der Waals surface area (Å²) in [6, 6.07) is 13.7. The summed E-state index contributed by atoms with van der Waals surface area (Å²) in [4.78, 5) is 29.4. The van der Waals surface area contributed by atoms with Crippen LogP contribution < -0.4 is 10.1 Å². The quantitative estimate of drug-likeness (QED) is 0.573. The van der Waals surface area contributed by atoms with Crippen molar-refractivity contribution in [3.8, 4) is 5.75 Å². The van der Waals surface area contributed by atoms with Gasteiger partial charge in [-0.2, -0.15) is 0 Å². The van der Waals surface area contributed by atoms with Crippen molar-refractivity contribution < 1.29 is 14.3 Å². The zero-order chi connectivity index (χ0) is 22.9. The molecule has 0 bridgehead atoms. The Balaban J connectivity index is 1.26.